The minimum absolute atomic E-state index is 0.0100. The molecule has 1 rings (SSSR count). The number of rotatable bonds is 3. The topological polar surface area (TPSA) is 78.4 Å². The van der Waals surface area contributed by atoms with Gasteiger partial charge in [0.2, 0.25) is 0 Å². The molecule has 0 aliphatic heterocycles. The zero-order chi connectivity index (χ0) is 14.7. The second kappa shape index (κ2) is 5.71. The molecule has 1 atom stereocenters. The predicted molar refractivity (Wildman–Crippen MR) is 74.8 cm³/mol. The first kappa shape index (κ1) is 15.7. The van der Waals surface area contributed by atoms with Crippen molar-refractivity contribution < 1.29 is 14.7 Å². The van der Waals surface area contributed by atoms with Gasteiger partial charge in [-0.15, -0.1) is 11.3 Å². The molecule has 6 heteroatoms. The molecule has 1 aromatic rings. The fourth-order valence-electron chi connectivity index (χ4n) is 1.40. The minimum atomic E-state index is -1.17. The Morgan fingerprint density at radius 2 is 1.89 bits per heavy atom. The first-order valence-corrected chi connectivity index (χ1v) is 6.86. The first-order chi connectivity index (χ1) is 8.62. The van der Waals surface area contributed by atoms with Crippen LogP contribution in [0.2, 0.25) is 0 Å². The molecule has 0 saturated carbocycles. The van der Waals surface area contributed by atoms with E-state index >= 15 is 0 Å². The number of carbonyl (C=O) groups is 2. The van der Waals surface area contributed by atoms with Gasteiger partial charge in [0.05, 0.1) is 6.54 Å². The highest BCUT2D eigenvalue weighted by molar-refractivity contribution is 7.10. The number of carbonyl (C=O) groups excluding carboxylic acids is 2. The Labute approximate surface area is 117 Å². The highest BCUT2D eigenvalue weighted by atomic mass is 32.1. The molecule has 106 valence electrons. The van der Waals surface area contributed by atoms with Crippen molar-refractivity contribution in [2.45, 2.75) is 38.8 Å². The van der Waals surface area contributed by atoms with Gasteiger partial charge in [-0.2, -0.15) is 0 Å². The molecule has 0 aromatic carbocycles. The van der Waals surface area contributed by atoms with Crippen LogP contribution in [-0.2, 0) is 15.2 Å². The van der Waals surface area contributed by atoms with Crippen molar-refractivity contribution in [3.8, 4) is 0 Å². The molecule has 0 radical (unpaired) electrons. The fraction of sp³-hybridized carbons (Fsp3) is 0.538. The molecule has 1 unspecified atom stereocenters. The summed E-state index contributed by atoms with van der Waals surface area (Å²) in [5.41, 5.74) is -1.64. The number of amides is 2. The number of thiophene rings is 1. The highest BCUT2D eigenvalue weighted by Crippen LogP contribution is 2.24. The van der Waals surface area contributed by atoms with Crippen LogP contribution in [-0.4, -0.2) is 29.0 Å². The van der Waals surface area contributed by atoms with Crippen molar-refractivity contribution in [2.75, 3.05) is 6.54 Å². The Kier molecular flexibility index (Phi) is 4.70. The lowest BCUT2D eigenvalue weighted by atomic mass is 10.1. The Hall–Kier alpha value is -1.40. The molecule has 2 amide bonds. The Bertz CT molecular complexity index is 447. The monoisotopic (exact) mass is 284 g/mol. The van der Waals surface area contributed by atoms with Crippen LogP contribution >= 0.6 is 11.3 Å². The molecule has 5 nitrogen and oxygen atoms in total. The van der Waals surface area contributed by atoms with Crippen LogP contribution in [0.3, 0.4) is 0 Å². The third-order valence-corrected chi connectivity index (χ3v) is 3.46. The van der Waals surface area contributed by atoms with Gasteiger partial charge in [-0.25, -0.2) is 0 Å². The van der Waals surface area contributed by atoms with Gasteiger partial charge in [0.1, 0.15) is 5.60 Å². The molecular formula is C13H20N2O3S. The van der Waals surface area contributed by atoms with Gasteiger partial charge < -0.3 is 15.7 Å². The van der Waals surface area contributed by atoms with Gasteiger partial charge in [0.25, 0.3) is 0 Å². The summed E-state index contributed by atoms with van der Waals surface area (Å²) in [5.74, 6) is -1.44. The lowest BCUT2D eigenvalue weighted by Gasteiger charge is -2.23. The van der Waals surface area contributed by atoms with Gasteiger partial charge in [0, 0.05) is 10.4 Å². The fourth-order valence-corrected chi connectivity index (χ4v) is 2.19. The lowest BCUT2D eigenvalue weighted by molar-refractivity contribution is -0.140. The van der Waals surface area contributed by atoms with Crippen LogP contribution in [0.25, 0.3) is 0 Å². The largest absolute Gasteiger partial charge is 0.383 e. The second-order valence-corrected chi connectivity index (χ2v) is 6.59. The van der Waals surface area contributed by atoms with E-state index in [1.165, 1.54) is 11.3 Å². The minimum Gasteiger partial charge on any atom is -0.383 e. The van der Waals surface area contributed by atoms with Gasteiger partial charge in [-0.1, -0.05) is 6.07 Å². The van der Waals surface area contributed by atoms with Gasteiger partial charge in [-0.05, 0) is 39.1 Å². The summed E-state index contributed by atoms with van der Waals surface area (Å²) in [6.45, 7) is 6.96. The smallest absolute Gasteiger partial charge is 0.309 e. The average Bonchev–Trinajstić information content (AvgIpc) is 2.77. The predicted octanol–water partition coefficient (Wildman–Crippen LogP) is 0.987. The Morgan fingerprint density at radius 3 is 2.37 bits per heavy atom. The normalized spacial score (nSPS) is 14.6. The average molecular weight is 284 g/mol. The zero-order valence-corrected chi connectivity index (χ0v) is 12.4. The van der Waals surface area contributed by atoms with Gasteiger partial charge >= 0.3 is 11.8 Å². The molecule has 3 N–H and O–H groups in total. The molecule has 0 bridgehead atoms. The van der Waals surface area contributed by atoms with Crippen molar-refractivity contribution in [2.24, 2.45) is 0 Å². The van der Waals surface area contributed by atoms with E-state index < -0.39 is 23.0 Å². The number of hydrogen-bond donors (Lipinski definition) is 3. The van der Waals surface area contributed by atoms with Crippen LogP contribution in [0, 0.1) is 0 Å². The molecule has 0 spiro atoms. The lowest BCUT2D eigenvalue weighted by Crippen LogP contribution is -2.50. The molecule has 19 heavy (non-hydrogen) atoms. The maximum absolute atomic E-state index is 11.6. The molecule has 1 heterocycles. The number of hydrogen-bond acceptors (Lipinski definition) is 4. The number of aliphatic hydroxyl groups is 1. The molecule has 1 aromatic heterocycles. The standard InChI is InChI=1S/C13H20N2O3S/c1-12(2,3)15-11(17)10(16)14-8-13(4,18)9-6-5-7-19-9/h5-7,18H,8H2,1-4H3,(H,14,16)(H,15,17). The number of nitrogens with one attached hydrogen (secondary N) is 2. The van der Waals surface area contributed by atoms with Crippen LogP contribution < -0.4 is 10.6 Å². The van der Waals surface area contributed by atoms with E-state index in [1.54, 1.807) is 33.8 Å². The zero-order valence-electron chi connectivity index (χ0n) is 11.6. The van der Waals surface area contributed by atoms with Crippen molar-refractivity contribution in [1.82, 2.24) is 10.6 Å². The van der Waals surface area contributed by atoms with Crippen molar-refractivity contribution in [1.29, 1.82) is 0 Å². The van der Waals surface area contributed by atoms with E-state index in [-0.39, 0.29) is 6.54 Å². The summed E-state index contributed by atoms with van der Waals surface area (Å²) in [6, 6.07) is 3.61. The first-order valence-electron chi connectivity index (χ1n) is 5.98. The van der Waals surface area contributed by atoms with E-state index in [0.29, 0.717) is 0 Å². The van der Waals surface area contributed by atoms with Crippen LogP contribution in [0.15, 0.2) is 17.5 Å². The maximum atomic E-state index is 11.6. The third kappa shape index (κ3) is 5.00. The molecule has 0 fully saturated rings. The maximum Gasteiger partial charge on any atom is 0.309 e. The van der Waals surface area contributed by atoms with Gasteiger partial charge in [-0.3, -0.25) is 9.59 Å². The highest BCUT2D eigenvalue weighted by Gasteiger charge is 2.27. The quantitative estimate of drug-likeness (QED) is 0.724. The van der Waals surface area contributed by atoms with E-state index in [9.17, 15) is 14.7 Å². The summed E-state index contributed by atoms with van der Waals surface area (Å²) in [4.78, 5) is 23.9. The van der Waals surface area contributed by atoms with Crippen molar-refractivity contribution in [3.05, 3.63) is 22.4 Å². The van der Waals surface area contributed by atoms with Crippen LogP contribution in [0.1, 0.15) is 32.6 Å². The van der Waals surface area contributed by atoms with E-state index in [0.717, 1.165) is 4.88 Å². The SMILES string of the molecule is CC(C)(C)NC(=O)C(=O)NCC(C)(O)c1cccs1. The van der Waals surface area contributed by atoms with E-state index in [2.05, 4.69) is 10.6 Å². The van der Waals surface area contributed by atoms with Crippen LogP contribution in [0.5, 0.6) is 0 Å². The van der Waals surface area contributed by atoms with E-state index in [4.69, 9.17) is 0 Å². The second-order valence-electron chi connectivity index (χ2n) is 5.64. The summed E-state index contributed by atoms with van der Waals surface area (Å²) < 4.78 is 0. The summed E-state index contributed by atoms with van der Waals surface area (Å²) in [5, 5.41) is 17.0. The van der Waals surface area contributed by atoms with Crippen molar-refractivity contribution >= 4 is 23.2 Å². The third-order valence-electron chi connectivity index (χ3n) is 2.34. The molecule has 0 aliphatic rings. The Balaban J connectivity index is 2.53. The Morgan fingerprint density at radius 1 is 1.26 bits per heavy atom. The van der Waals surface area contributed by atoms with Crippen LogP contribution in [0.4, 0.5) is 0 Å². The molecule has 0 saturated heterocycles. The van der Waals surface area contributed by atoms with Crippen molar-refractivity contribution in [3.63, 3.8) is 0 Å². The summed E-state index contributed by atoms with van der Waals surface area (Å²) in [7, 11) is 0. The summed E-state index contributed by atoms with van der Waals surface area (Å²) in [6.07, 6.45) is 0. The molecule has 0 aliphatic carbocycles. The van der Waals surface area contributed by atoms with Gasteiger partial charge in [0.15, 0.2) is 0 Å². The molecular weight excluding hydrogens is 264 g/mol. The summed E-state index contributed by atoms with van der Waals surface area (Å²) >= 11 is 1.40. The van der Waals surface area contributed by atoms with E-state index in [1.807, 2.05) is 11.4 Å².